The first-order valence-electron chi connectivity index (χ1n) is 17.4. The number of rotatable bonds is 10. The lowest BCUT2D eigenvalue weighted by Crippen LogP contribution is -2.39. The number of nitrogens with one attached hydrogen (secondary N) is 4. The van der Waals surface area contributed by atoms with E-state index in [1.54, 1.807) is 0 Å². The van der Waals surface area contributed by atoms with Crippen LogP contribution < -0.4 is 21.3 Å². The first kappa shape index (κ1) is 47.8. The van der Waals surface area contributed by atoms with Gasteiger partial charge >= 0.3 is 16.1 Å². The van der Waals surface area contributed by atoms with E-state index in [0.717, 1.165) is 36.4 Å². The third kappa shape index (κ3) is 9.41. The lowest BCUT2D eigenvalue weighted by Gasteiger charge is -2.28. The molecule has 25 nitrogen and oxygen atoms in total. The van der Waals surface area contributed by atoms with Crippen LogP contribution in [0.3, 0.4) is 0 Å². The molecule has 7 rings (SSSR count). The fourth-order valence-electron chi connectivity index (χ4n) is 6.71. The van der Waals surface area contributed by atoms with E-state index in [9.17, 15) is 88.0 Å². The zero-order chi connectivity index (χ0) is 48.7. The number of anilines is 4. The molecule has 3 amide bonds. The minimum absolute atomic E-state index is 0.0998. The summed E-state index contributed by atoms with van der Waals surface area (Å²) in [5.74, 6) is -4.18. The van der Waals surface area contributed by atoms with Crippen LogP contribution in [0.5, 0.6) is 0 Å². The van der Waals surface area contributed by atoms with Gasteiger partial charge in [-0.05, 0) is 78.9 Å². The number of carbonyl (C=O) groups excluding carboxylic acids is 2. The Hall–Kier alpha value is -6.20. The highest BCUT2D eigenvalue weighted by Gasteiger charge is 2.43. The summed E-state index contributed by atoms with van der Waals surface area (Å²) in [4.78, 5) is 19.9. The van der Waals surface area contributed by atoms with Gasteiger partial charge in [-0.3, -0.25) is 27.6 Å². The Morgan fingerprint density at radius 2 is 1.08 bits per heavy atom. The van der Waals surface area contributed by atoms with Crippen molar-refractivity contribution in [2.45, 2.75) is 35.3 Å². The summed E-state index contributed by atoms with van der Waals surface area (Å²) in [6.45, 7) is 0. The number of urea groups is 1. The van der Waals surface area contributed by atoms with Gasteiger partial charge in [0.1, 0.15) is 19.6 Å². The maximum atomic E-state index is 13.6. The molecule has 66 heavy (non-hydrogen) atoms. The molecule has 0 saturated heterocycles. The third-order valence-electron chi connectivity index (χ3n) is 9.40. The fraction of sp³-hybridized carbons (Fsp3) is 0.0286. The molecular weight excluding hydrogens is 1000 g/mol. The minimum atomic E-state index is -5.45. The van der Waals surface area contributed by atoms with Crippen LogP contribution >= 0.6 is 0 Å². The third-order valence-corrected chi connectivity index (χ3v) is 15.1. The smallest absolute Gasteiger partial charge is 0.323 e. The van der Waals surface area contributed by atoms with Crippen molar-refractivity contribution >= 4 is 117 Å². The largest absolute Gasteiger partial charge is 0.344 e. The maximum Gasteiger partial charge on any atom is 0.323 e. The molecule has 1 aliphatic rings. The average Bonchev–Trinajstić information content (AvgIpc) is 3.27. The van der Waals surface area contributed by atoms with Gasteiger partial charge in [-0.2, -0.15) is 50.5 Å². The number of amides is 3. The van der Waals surface area contributed by atoms with Crippen molar-refractivity contribution in [3.63, 3.8) is 0 Å². The highest BCUT2D eigenvalue weighted by Crippen LogP contribution is 2.44. The highest BCUT2D eigenvalue weighted by atomic mass is 32.2. The predicted molar refractivity (Wildman–Crippen MR) is 226 cm³/mol. The Labute approximate surface area is 371 Å². The Bertz CT molecular complexity index is 3850. The summed E-state index contributed by atoms with van der Waals surface area (Å²) in [5, 5.41) is 18.1. The number of hydrogen-bond acceptors (Lipinski definition) is 17. The molecule has 0 radical (unpaired) electrons. The molecule has 1 aliphatic heterocycles. The predicted octanol–water partition coefficient (Wildman–Crippen LogP) is 3.06. The van der Waals surface area contributed by atoms with E-state index in [1.807, 2.05) is 0 Å². The van der Waals surface area contributed by atoms with Crippen molar-refractivity contribution < 1.29 is 92.1 Å². The van der Waals surface area contributed by atoms with E-state index < -0.39 is 141 Å². The summed E-state index contributed by atoms with van der Waals surface area (Å²) >= 11 is 0. The summed E-state index contributed by atoms with van der Waals surface area (Å²) < 4.78 is 203. The Balaban J connectivity index is 1.16. The zero-order valence-electron chi connectivity index (χ0n) is 32.0. The second-order valence-electron chi connectivity index (χ2n) is 13.8. The van der Waals surface area contributed by atoms with E-state index in [-0.39, 0.29) is 28.7 Å². The van der Waals surface area contributed by atoms with Crippen molar-refractivity contribution in [1.82, 2.24) is 0 Å². The van der Waals surface area contributed by atoms with Gasteiger partial charge in [0.05, 0.1) is 15.5 Å². The first-order valence-corrected chi connectivity index (χ1v) is 26.0. The van der Waals surface area contributed by atoms with Gasteiger partial charge in [-0.15, -0.1) is 0 Å². The van der Waals surface area contributed by atoms with Crippen LogP contribution in [0.4, 0.5) is 27.5 Å². The molecule has 0 saturated carbocycles. The molecule has 31 heteroatoms. The van der Waals surface area contributed by atoms with E-state index in [0.29, 0.717) is 24.3 Å². The Morgan fingerprint density at radius 3 is 1.64 bits per heavy atom. The molecule has 348 valence electrons. The number of carbonyl (C=O) groups is 2. The van der Waals surface area contributed by atoms with Gasteiger partial charge in [0, 0.05) is 49.7 Å². The van der Waals surface area contributed by atoms with Crippen LogP contribution in [0, 0.1) is 0 Å². The SMILES string of the molecule is O=C(Nc1cccc(C(=O)Nc2ccc(S(=O)(=O)O)c3cc(S(=O)(=O)O)cc(S(=O)(=O)O)c23)c1)Nc1cccc([C@]2(O)Nc3ccc(S(=O)(=O)O)c4cc(S(=O)(=O)O)cc(c34)S(=O)(=O)O2)c1. The van der Waals surface area contributed by atoms with Crippen LogP contribution in [0.15, 0.2) is 126 Å². The quantitative estimate of drug-likeness (QED) is 0.0696. The second-order valence-corrected chi connectivity index (χ2v) is 22.3. The van der Waals surface area contributed by atoms with Crippen LogP contribution in [-0.2, 0) is 70.8 Å². The van der Waals surface area contributed by atoms with Gasteiger partial charge < -0.3 is 26.4 Å². The molecule has 1 heterocycles. The molecule has 10 N–H and O–H groups in total. The molecular formula is C35H26N4O21S6. The van der Waals surface area contributed by atoms with Crippen molar-refractivity contribution in [2.75, 3.05) is 21.3 Å². The van der Waals surface area contributed by atoms with Crippen molar-refractivity contribution in [2.24, 2.45) is 0 Å². The van der Waals surface area contributed by atoms with Crippen LogP contribution in [0.25, 0.3) is 21.5 Å². The van der Waals surface area contributed by atoms with E-state index in [4.69, 9.17) is 4.18 Å². The summed E-state index contributed by atoms with van der Waals surface area (Å²) in [7, 11) is -31.7. The van der Waals surface area contributed by atoms with E-state index >= 15 is 0 Å². The molecule has 1 atom stereocenters. The van der Waals surface area contributed by atoms with Gasteiger partial charge in [-0.25, -0.2) is 8.98 Å². The topological polar surface area (TPSA) is 418 Å². The maximum absolute atomic E-state index is 13.6. The van der Waals surface area contributed by atoms with Crippen LogP contribution in [0.2, 0.25) is 0 Å². The minimum Gasteiger partial charge on any atom is -0.344 e. The molecule has 0 spiro atoms. The first-order chi connectivity index (χ1) is 30.3. The van der Waals surface area contributed by atoms with Crippen molar-refractivity contribution in [3.8, 4) is 0 Å². The van der Waals surface area contributed by atoms with E-state index in [2.05, 4.69) is 21.3 Å². The van der Waals surface area contributed by atoms with Gasteiger partial charge in [0.25, 0.3) is 62.4 Å². The van der Waals surface area contributed by atoms with E-state index in [1.165, 1.54) is 30.3 Å². The summed E-state index contributed by atoms with van der Waals surface area (Å²) in [5.41, 5.74) is -1.91. The monoisotopic (exact) mass is 1030 g/mol. The number of benzene rings is 6. The Kier molecular flexibility index (Phi) is 11.6. The van der Waals surface area contributed by atoms with Crippen LogP contribution in [0.1, 0.15) is 15.9 Å². The van der Waals surface area contributed by atoms with Gasteiger partial charge in [0.15, 0.2) is 0 Å². The lowest BCUT2D eigenvalue weighted by molar-refractivity contribution is -0.114. The summed E-state index contributed by atoms with van der Waals surface area (Å²) in [6, 6.07) is 13.2. The average molecular weight is 1030 g/mol. The van der Waals surface area contributed by atoms with Crippen LogP contribution in [-0.4, -0.2) is 90.3 Å². The molecule has 0 aliphatic carbocycles. The molecule has 0 bridgehead atoms. The second kappa shape index (κ2) is 16.0. The molecule has 0 fully saturated rings. The molecule has 6 aromatic carbocycles. The Morgan fingerprint density at radius 1 is 0.561 bits per heavy atom. The molecule has 0 aromatic heterocycles. The van der Waals surface area contributed by atoms with Gasteiger partial charge in [-0.1, -0.05) is 18.2 Å². The normalized spacial score (nSPS) is 16.5. The number of aliphatic hydroxyl groups is 1. The van der Waals surface area contributed by atoms with Gasteiger partial charge in [0.2, 0.25) is 0 Å². The number of hydrogen-bond donors (Lipinski definition) is 10. The highest BCUT2D eigenvalue weighted by molar-refractivity contribution is 7.88. The summed E-state index contributed by atoms with van der Waals surface area (Å²) in [6.07, 6.45) is 0. The standard InChI is InChI=1S/C35H26N4O21S6/c40-33(38-25-7-9-27(63(49,50)51)23-13-21(61(43,44)45)15-29(31(23)25)65(55,56)57)17-3-1-5-19(11-17)36-34(41)37-20-6-2-4-18(12-20)35(42)39-26-8-10-28(64(52,53)54)24-14-22(62(46,47)48)16-30(32(24)26)66(58,59)60-35/h1-16,39,42H,(H,38,40)(H2,36,37,41)(H,43,44,45)(H,46,47,48)(H,49,50,51)(H,52,53,54)(H,55,56,57)/t35-/m1/s1. The lowest BCUT2D eigenvalue weighted by atomic mass is 10.1. The molecule has 0 unspecified atom stereocenters. The van der Waals surface area contributed by atoms with Crippen molar-refractivity contribution in [3.05, 3.63) is 108 Å². The number of fused-ring (bicyclic) bond motifs is 1. The fourth-order valence-corrected chi connectivity index (χ4v) is 11.3. The zero-order valence-corrected chi connectivity index (χ0v) is 36.9. The van der Waals surface area contributed by atoms with Crippen molar-refractivity contribution in [1.29, 1.82) is 0 Å². The molecule has 6 aromatic rings.